The normalized spacial score (nSPS) is 11.8. The van der Waals surface area contributed by atoms with Gasteiger partial charge in [0, 0.05) is 23.4 Å². The second-order valence-corrected chi connectivity index (χ2v) is 4.23. The van der Waals surface area contributed by atoms with Gasteiger partial charge in [0.25, 0.3) is 0 Å². The lowest BCUT2D eigenvalue weighted by molar-refractivity contribution is -0.137. The highest BCUT2D eigenvalue weighted by atomic mass is 32.2. The van der Waals surface area contributed by atoms with Crippen LogP contribution in [0.25, 0.3) is 0 Å². The minimum atomic E-state index is -4.34. The van der Waals surface area contributed by atoms with Crippen LogP contribution < -0.4 is 5.73 Å². The Balaban J connectivity index is 2.76. The van der Waals surface area contributed by atoms with E-state index in [1.165, 1.54) is 17.8 Å². The van der Waals surface area contributed by atoms with Gasteiger partial charge in [0.05, 0.1) is 12.2 Å². The number of thioether (sulfide) groups is 1. The molecule has 0 heterocycles. The van der Waals surface area contributed by atoms with Crippen LogP contribution in [0.5, 0.6) is 0 Å². The van der Waals surface area contributed by atoms with Gasteiger partial charge in [0.15, 0.2) is 0 Å². The molecular weight excluding hydrogens is 239 g/mol. The van der Waals surface area contributed by atoms with Crippen LogP contribution >= 0.6 is 11.8 Å². The molecule has 0 aliphatic carbocycles. The third kappa shape index (κ3) is 3.61. The Morgan fingerprint density at radius 2 is 2.06 bits per heavy atom. The van der Waals surface area contributed by atoms with Crippen molar-refractivity contribution in [3.63, 3.8) is 0 Å². The summed E-state index contributed by atoms with van der Waals surface area (Å²) >= 11 is 1.37. The number of benzene rings is 1. The Morgan fingerprint density at radius 3 is 2.56 bits per heavy atom. The van der Waals surface area contributed by atoms with Crippen molar-refractivity contribution >= 4 is 17.4 Å². The SMILES string of the molecule is COCCSc1ccc(C(F)(F)F)cc1N. The second kappa shape index (κ2) is 5.45. The number of alkyl halides is 3. The van der Waals surface area contributed by atoms with Crippen LogP contribution in [0.3, 0.4) is 0 Å². The highest BCUT2D eigenvalue weighted by molar-refractivity contribution is 7.99. The molecule has 2 N–H and O–H groups in total. The molecule has 0 aromatic heterocycles. The van der Waals surface area contributed by atoms with Gasteiger partial charge in [0.2, 0.25) is 0 Å². The Hall–Kier alpha value is -0.880. The zero-order valence-electron chi connectivity index (χ0n) is 8.67. The lowest BCUT2D eigenvalue weighted by Crippen LogP contribution is -2.06. The number of methoxy groups -OCH3 is 1. The molecule has 0 amide bonds. The molecule has 16 heavy (non-hydrogen) atoms. The average Bonchev–Trinajstić information content (AvgIpc) is 2.19. The van der Waals surface area contributed by atoms with Gasteiger partial charge in [-0.2, -0.15) is 13.2 Å². The first-order chi connectivity index (χ1) is 7.45. The molecule has 6 heteroatoms. The first-order valence-corrected chi connectivity index (χ1v) is 5.52. The fourth-order valence-electron chi connectivity index (χ4n) is 1.09. The van der Waals surface area contributed by atoms with E-state index in [-0.39, 0.29) is 5.69 Å². The first-order valence-electron chi connectivity index (χ1n) is 4.53. The van der Waals surface area contributed by atoms with Crippen molar-refractivity contribution < 1.29 is 17.9 Å². The number of halogens is 3. The molecule has 0 saturated heterocycles. The van der Waals surface area contributed by atoms with Crippen LogP contribution in [0, 0.1) is 0 Å². The summed E-state index contributed by atoms with van der Waals surface area (Å²) in [7, 11) is 1.57. The van der Waals surface area contributed by atoms with E-state index >= 15 is 0 Å². The van der Waals surface area contributed by atoms with Crippen molar-refractivity contribution in [1.82, 2.24) is 0 Å². The Morgan fingerprint density at radius 1 is 1.38 bits per heavy atom. The van der Waals surface area contributed by atoms with Crippen molar-refractivity contribution in [3.05, 3.63) is 23.8 Å². The van der Waals surface area contributed by atoms with Gasteiger partial charge in [-0.1, -0.05) is 0 Å². The van der Waals surface area contributed by atoms with Crippen molar-refractivity contribution in [3.8, 4) is 0 Å². The Kier molecular flexibility index (Phi) is 4.49. The molecule has 0 saturated carbocycles. The summed E-state index contributed by atoms with van der Waals surface area (Å²) in [5.41, 5.74) is 4.97. The molecule has 90 valence electrons. The van der Waals surface area contributed by atoms with Gasteiger partial charge < -0.3 is 10.5 Å². The number of anilines is 1. The fraction of sp³-hybridized carbons (Fsp3) is 0.400. The lowest BCUT2D eigenvalue weighted by Gasteiger charge is -2.10. The maximum absolute atomic E-state index is 12.3. The second-order valence-electron chi connectivity index (χ2n) is 3.09. The molecule has 2 nitrogen and oxygen atoms in total. The van der Waals surface area contributed by atoms with Crippen molar-refractivity contribution in [2.45, 2.75) is 11.1 Å². The van der Waals surface area contributed by atoms with E-state index in [1.54, 1.807) is 7.11 Å². The number of ether oxygens (including phenoxy) is 1. The largest absolute Gasteiger partial charge is 0.416 e. The van der Waals surface area contributed by atoms with Crippen molar-refractivity contribution in [2.24, 2.45) is 0 Å². The maximum Gasteiger partial charge on any atom is 0.416 e. The van der Waals surface area contributed by atoms with Crippen LogP contribution in [0.4, 0.5) is 18.9 Å². The highest BCUT2D eigenvalue weighted by Crippen LogP contribution is 2.34. The fourth-order valence-corrected chi connectivity index (χ4v) is 1.95. The summed E-state index contributed by atoms with van der Waals surface area (Å²) in [6, 6.07) is 3.37. The Labute approximate surface area is 96.0 Å². The topological polar surface area (TPSA) is 35.2 Å². The molecule has 0 atom stereocenters. The van der Waals surface area contributed by atoms with Gasteiger partial charge in [-0.15, -0.1) is 11.8 Å². The van der Waals surface area contributed by atoms with Crippen LogP contribution in [-0.2, 0) is 10.9 Å². The van der Waals surface area contributed by atoms with E-state index in [1.807, 2.05) is 0 Å². The molecule has 0 bridgehead atoms. The van der Waals surface area contributed by atoms with Gasteiger partial charge in [-0.05, 0) is 18.2 Å². The number of nitrogen functional groups attached to an aromatic ring is 1. The van der Waals surface area contributed by atoms with E-state index in [0.29, 0.717) is 17.3 Å². The van der Waals surface area contributed by atoms with E-state index in [0.717, 1.165) is 12.1 Å². The number of hydrogen-bond donors (Lipinski definition) is 1. The van der Waals surface area contributed by atoms with Gasteiger partial charge >= 0.3 is 6.18 Å². The summed E-state index contributed by atoms with van der Waals surface area (Å²) in [5, 5.41) is 0. The average molecular weight is 251 g/mol. The summed E-state index contributed by atoms with van der Waals surface area (Å²) in [5.74, 6) is 0.659. The maximum atomic E-state index is 12.3. The zero-order chi connectivity index (χ0) is 12.2. The minimum Gasteiger partial charge on any atom is -0.398 e. The quantitative estimate of drug-likeness (QED) is 0.507. The molecular formula is C10H12F3NOS. The van der Waals surface area contributed by atoms with Gasteiger partial charge in [0.1, 0.15) is 0 Å². The van der Waals surface area contributed by atoms with Crippen LogP contribution in [0.15, 0.2) is 23.1 Å². The standard InChI is InChI=1S/C10H12F3NOS/c1-15-4-5-16-9-3-2-7(6-8(9)14)10(11,12)13/h2-3,6H,4-5,14H2,1H3. The smallest absolute Gasteiger partial charge is 0.398 e. The molecule has 0 unspecified atom stereocenters. The third-order valence-corrected chi connectivity index (χ3v) is 2.94. The molecule has 0 fully saturated rings. The van der Waals surface area contributed by atoms with Crippen LogP contribution in [0.1, 0.15) is 5.56 Å². The predicted octanol–water partition coefficient (Wildman–Crippen LogP) is 3.03. The monoisotopic (exact) mass is 251 g/mol. The molecule has 1 aromatic rings. The zero-order valence-corrected chi connectivity index (χ0v) is 9.49. The number of hydrogen-bond acceptors (Lipinski definition) is 3. The summed E-state index contributed by atoms with van der Waals surface area (Å²) in [4.78, 5) is 0.644. The first kappa shape index (κ1) is 13.2. The molecule has 0 radical (unpaired) electrons. The Bertz CT molecular complexity index is 354. The lowest BCUT2D eigenvalue weighted by atomic mass is 10.2. The number of nitrogens with two attached hydrogens (primary N) is 1. The van der Waals surface area contributed by atoms with Crippen molar-refractivity contribution in [1.29, 1.82) is 0 Å². The molecule has 0 spiro atoms. The van der Waals surface area contributed by atoms with Crippen molar-refractivity contribution in [2.75, 3.05) is 25.2 Å². The van der Waals surface area contributed by atoms with E-state index < -0.39 is 11.7 Å². The third-order valence-electron chi connectivity index (χ3n) is 1.88. The highest BCUT2D eigenvalue weighted by Gasteiger charge is 2.30. The molecule has 1 aromatic carbocycles. The summed E-state index contributed by atoms with van der Waals surface area (Å²) in [6.07, 6.45) is -4.34. The van der Waals surface area contributed by atoms with Crippen LogP contribution in [0.2, 0.25) is 0 Å². The number of rotatable bonds is 4. The predicted molar refractivity (Wildman–Crippen MR) is 58.5 cm³/mol. The van der Waals surface area contributed by atoms with E-state index in [2.05, 4.69) is 0 Å². The van der Waals surface area contributed by atoms with Gasteiger partial charge in [-0.25, -0.2) is 0 Å². The molecule has 0 aliphatic rings. The minimum absolute atomic E-state index is 0.149. The van der Waals surface area contributed by atoms with Crippen LogP contribution in [-0.4, -0.2) is 19.5 Å². The van der Waals surface area contributed by atoms with Gasteiger partial charge in [-0.3, -0.25) is 0 Å². The summed E-state index contributed by atoms with van der Waals surface area (Å²) in [6.45, 7) is 0.533. The summed E-state index contributed by atoms with van der Waals surface area (Å²) < 4.78 is 41.8. The van der Waals surface area contributed by atoms with E-state index in [4.69, 9.17) is 10.5 Å². The molecule has 1 rings (SSSR count). The van der Waals surface area contributed by atoms with E-state index in [9.17, 15) is 13.2 Å². The molecule has 0 aliphatic heterocycles.